The van der Waals surface area contributed by atoms with E-state index >= 15 is 0 Å². The lowest BCUT2D eigenvalue weighted by molar-refractivity contribution is -0.140. The number of carboxylic acid groups (broad SMARTS) is 1. The maximum absolute atomic E-state index is 11.4. The standard InChI is InChI=1S/C27H30N2O5S/c1-16-15-29(18(3)27(30)31)23-9-8-21(14-22(16)23)33-11-6-12-34-24-10-7-20(13-25(24)32-5)26-28-17(2)19(4)35-26/h7-10,13-15,18H,6,11-12H2,1-5H3,(H,30,31). The molecule has 0 bridgehead atoms. The van der Waals surface area contributed by atoms with Gasteiger partial charge in [-0.05, 0) is 69.7 Å². The van der Waals surface area contributed by atoms with E-state index in [1.54, 1.807) is 29.9 Å². The Morgan fingerprint density at radius 2 is 1.86 bits per heavy atom. The molecule has 1 unspecified atom stereocenters. The highest BCUT2D eigenvalue weighted by Gasteiger charge is 2.17. The first-order chi connectivity index (χ1) is 16.8. The number of carboxylic acids is 1. The van der Waals surface area contributed by atoms with Gasteiger partial charge in [-0.15, -0.1) is 11.3 Å². The van der Waals surface area contributed by atoms with Crippen LogP contribution in [0.4, 0.5) is 0 Å². The van der Waals surface area contributed by atoms with Crippen LogP contribution in [0.15, 0.2) is 42.6 Å². The minimum atomic E-state index is -0.859. The fourth-order valence-corrected chi connectivity index (χ4v) is 4.79. The lowest BCUT2D eigenvalue weighted by atomic mass is 10.2. The Balaban J connectivity index is 1.34. The van der Waals surface area contributed by atoms with Crippen molar-refractivity contribution in [2.45, 2.75) is 40.2 Å². The van der Waals surface area contributed by atoms with Crippen molar-refractivity contribution in [2.75, 3.05) is 20.3 Å². The number of thiazole rings is 1. The number of benzene rings is 2. The number of hydrogen-bond acceptors (Lipinski definition) is 6. The Morgan fingerprint density at radius 1 is 1.09 bits per heavy atom. The molecular formula is C27H30N2O5S. The van der Waals surface area contributed by atoms with E-state index in [4.69, 9.17) is 14.2 Å². The lowest BCUT2D eigenvalue weighted by Crippen LogP contribution is -2.14. The van der Waals surface area contributed by atoms with Crippen molar-refractivity contribution in [1.82, 2.24) is 9.55 Å². The Morgan fingerprint density at radius 3 is 2.54 bits per heavy atom. The van der Waals surface area contributed by atoms with Crippen LogP contribution < -0.4 is 14.2 Å². The second-order valence-electron chi connectivity index (χ2n) is 8.49. The van der Waals surface area contributed by atoms with E-state index in [2.05, 4.69) is 11.9 Å². The van der Waals surface area contributed by atoms with Crippen LogP contribution in [0.1, 0.15) is 35.5 Å². The number of carbonyl (C=O) groups is 1. The first-order valence-electron chi connectivity index (χ1n) is 11.5. The van der Waals surface area contributed by atoms with E-state index in [0.717, 1.165) is 38.5 Å². The first-order valence-corrected chi connectivity index (χ1v) is 12.3. The molecule has 7 nitrogen and oxygen atoms in total. The van der Waals surface area contributed by atoms with E-state index in [1.165, 1.54) is 4.88 Å². The number of aromatic nitrogens is 2. The van der Waals surface area contributed by atoms with Gasteiger partial charge in [0.15, 0.2) is 11.5 Å². The monoisotopic (exact) mass is 494 g/mol. The van der Waals surface area contributed by atoms with Crippen LogP contribution in [0, 0.1) is 20.8 Å². The van der Waals surface area contributed by atoms with Crippen molar-refractivity contribution in [3.63, 3.8) is 0 Å². The van der Waals surface area contributed by atoms with Gasteiger partial charge in [-0.2, -0.15) is 0 Å². The minimum absolute atomic E-state index is 0.485. The van der Waals surface area contributed by atoms with Crippen molar-refractivity contribution in [2.24, 2.45) is 0 Å². The van der Waals surface area contributed by atoms with Crippen LogP contribution in [-0.2, 0) is 4.79 Å². The molecule has 0 aliphatic carbocycles. The molecule has 0 spiro atoms. The zero-order valence-corrected chi connectivity index (χ0v) is 21.4. The van der Waals surface area contributed by atoms with Crippen molar-refractivity contribution < 1.29 is 24.1 Å². The fourth-order valence-electron chi connectivity index (χ4n) is 3.88. The molecule has 0 radical (unpaired) electrons. The van der Waals surface area contributed by atoms with E-state index in [9.17, 15) is 9.90 Å². The van der Waals surface area contributed by atoms with Gasteiger partial charge < -0.3 is 23.9 Å². The molecule has 0 aliphatic heterocycles. The average molecular weight is 495 g/mol. The fraction of sp³-hybridized carbons (Fsp3) is 0.333. The van der Waals surface area contributed by atoms with E-state index < -0.39 is 12.0 Å². The zero-order valence-electron chi connectivity index (χ0n) is 20.6. The number of fused-ring (bicyclic) bond motifs is 1. The summed E-state index contributed by atoms with van der Waals surface area (Å²) >= 11 is 1.67. The number of aryl methyl sites for hydroxylation is 3. The Labute approximate surface area is 208 Å². The van der Waals surface area contributed by atoms with Gasteiger partial charge in [-0.3, -0.25) is 0 Å². The Kier molecular flexibility index (Phi) is 7.31. The molecule has 184 valence electrons. The molecule has 2 aromatic heterocycles. The molecule has 1 atom stereocenters. The highest BCUT2D eigenvalue weighted by atomic mass is 32.1. The number of methoxy groups -OCH3 is 1. The predicted molar refractivity (Wildman–Crippen MR) is 138 cm³/mol. The predicted octanol–water partition coefficient (Wildman–Crippen LogP) is 6.19. The van der Waals surface area contributed by atoms with E-state index in [0.29, 0.717) is 31.1 Å². The third-order valence-corrected chi connectivity index (χ3v) is 7.15. The molecule has 0 saturated heterocycles. The molecule has 0 aliphatic rings. The van der Waals surface area contributed by atoms with Gasteiger partial charge in [0, 0.05) is 34.0 Å². The molecule has 0 amide bonds. The molecule has 8 heteroatoms. The SMILES string of the molecule is COc1cc(-c2nc(C)c(C)s2)ccc1OCCCOc1ccc2c(c1)c(C)cn2C(C)C(=O)O. The van der Waals surface area contributed by atoms with Crippen LogP contribution in [0.2, 0.25) is 0 Å². The van der Waals surface area contributed by atoms with Crippen molar-refractivity contribution in [3.8, 4) is 27.8 Å². The van der Waals surface area contributed by atoms with Crippen molar-refractivity contribution in [1.29, 1.82) is 0 Å². The lowest BCUT2D eigenvalue weighted by Gasteiger charge is -2.13. The number of hydrogen-bond donors (Lipinski definition) is 1. The number of rotatable bonds is 10. The quantitative estimate of drug-likeness (QED) is 0.265. The summed E-state index contributed by atoms with van der Waals surface area (Å²) in [6.07, 6.45) is 2.57. The molecule has 1 N–H and O–H groups in total. The molecular weight excluding hydrogens is 464 g/mol. The summed E-state index contributed by atoms with van der Waals surface area (Å²) in [5, 5.41) is 11.3. The summed E-state index contributed by atoms with van der Waals surface area (Å²) in [5.74, 6) is 1.25. The molecule has 2 heterocycles. The third kappa shape index (κ3) is 5.27. The van der Waals surface area contributed by atoms with Crippen LogP contribution >= 0.6 is 11.3 Å². The number of ether oxygens (including phenoxy) is 3. The molecule has 0 saturated carbocycles. The smallest absolute Gasteiger partial charge is 0.326 e. The average Bonchev–Trinajstić information content (AvgIpc) is 3.36. The highest BCUT2D eigenvalue weighted by Crippen LogP contribution is 2.35. The summed E-state index contributed by atoms with van der Waals surface area (Å²) in [6.45, 7) is 8.72. The third-order valence-electron chi connectivity index (χ3n) is 6.03. The second kappa shape index (κ2) is 10.4. The minimum Gasteiger partial charge on any atom is -0.493 e. The second-order valence-corrected chi connectivity index (χ2v) is 9.69. The normalized spacial score (nSPS) is 12.0. The molecule has 4 aromatic rings. The van der Waals surface area contributed by atoms with Gasteiger partial charge in [-0.1, -0.05) is 0 Å². The van der Waals surface area contributed by atoms with Gasteiger partial charge in [0.1, 0.15) is 16.8 Å². The van der Waals surface area contributed by atoms with E-state index in [-0.39, 0.29) is 0 Å². The van der Waals surface area contributed by atoms with Gasteiger partial charge in [-0.25, -0.2) is 9.78 Å². The largest absolute Gasteiger partial charge is 0.493 e. The summed E-state index contributed by atoms with van der Waals surface area (Å²) in [6, 6.07) is 11.0. The van der Waals surface area contributed by atoms with Crippen LogP contribution in [0.3, 0.4) is 0 Å². The molecule has 0 fully saturated rings. The Hall–Kier alpha value is -3.52. The van der Waals surface area contributed by atoms with E-state index in [1.807, 2.05) is 56.4 Å². The number of nitrogens with zero attached hydrogens (tertiary/aromatic N) is 2. The van der Waals surface area contributed by atoms with Gasteiger partial charge in [0.05, 0.1) is 26.0 Å². The van der Waals surface area contributed by atoms with Gasteiger partial charge >= 0.3 is 5.97 Å². The van der Waals surface area contributed by atoms with Crippen LogP contribution in [0.5, 0.6) is 17.2 Å². The summed E-state index contributed by atoms with van der Waals surface area (Å²) in [4.78, 5) is 17.2. The topological polar surface area (TPSA) is 82.8 Å². The Bertz CT molecular complexity index is 1340. The zero-order chi connectivity index (χ0) is 25.1. The van der Waals surface area contributed by atoms with Crippen molar-refractivity contribution >= 4 is 28.2 Å². The van der Waals surface area contributed by atoms with Crippen LogP contribution in [0.25, 0.3) is 21.5 Å². The van der Waals surface area contributed by atoms with Crippen LogP contribution in [-0.4, -0.2) is 41.0 Å². The highest BCUT2D eigenvalue weighted by molar-refractivity contribution is 7.15. The summed E-state index contributed by atoms with van der Waals surface area (Å²) in [5.41, 5.74) is 3.95. The first kappa shape index (κ1) is 24.6. The molecule has 35 heavy (non-hydrogen) atoms. The number of aliphatic carboxylic acids is 1. The maximum atomic E-state index is 11.4. The molecule has 2 aromatic carbocycles. The summed E-state index contributed by atoms with van der Waals surface area (Å²) in [7, 11) is 1.63. The molecule has 4 rings (SSSR count). The summed E-state index contributed by atoms with van der Waals surface area (Å²) < 4.78 is 19.2. The van der Waals surface area contributed by atoms with Crippen molar-refractivity contribution in [3.05, 3.63) is 58.7 Å². The van der Waals surface area contributed by atoms with Gasteiger partial charge in [0.25, 0.3) is 0 Å². The van der Waals surface area contributed by atoms with Gasteiger partial charge in [0.2, 0.25) is 0 Å². The maximum Gasteiger partial charge on any atom is 0.326 e.